The zero-order valence-electron chi connectivity index (χ0n) is 7.26. The van der Waals surface area contributed by atoms with Crippen molar-refractivity contribution in [3.8, 4) is 0 Å². The van der Waals surface area contributed by atoms with Gasteiger partial charge in [0.2, 0.25) is 0 Å². The first-order valence-corrected chi connectivity index (χ1v) is 5.07. The average Bonchev–Trinajstić information content (AvgIpc) is 2.52. The molecular weight excluding hydrogens is 293 g/mol. The van der Waals surface area contributed by atoms with E-state index >= 15 is 0 Å². The number of aromatic nitrogens is 4. The topological polar surface area (TPSA) is 69.6 Å². The molecule has 2 heterocycles. The highest BCUT2D eigenvalue weighted by molar-refractivity contribution is 14.1. The number of halogens is 1. The SMILES string of the molecule is Nc1c(I)cnn1Cc1ccncn1. The lowest BCUT2D eigenvalue weighted by molar-refractivity contribution is 0.680. The molecule has 0 aliphatic rings. The third-order valence-corrected chi connectivity index (χ3v) is 2.62. The van der Waals surface area contributed by atoms with Crippen LogP contribution in [-0.4, -0.2) is 19.7 Å². The highest BCUT2D eigenvalue weighted by Crippen LogP contribution is 2.13. The maximum Gasteiger partial charge on any atom is 0.135 e. The van der Waals surface area contributed by atoms with Crippen LogP contribution in [0.25, 0.3) is 0 Å². The predicted molar refractivity (Wildman–Crippen MR) is 60.5 cm³/mol. The normalized spacial score (nSPS) is 10.4. The summed E-state index contributed by atoms with van der Waals surface area (Å²) >= 11 is 2.15. The molecule has 0 aliphatic heterocycles. The maximum absolute atomic E-state index is 5.80. The summed E-state index contributed by atoms with van der Waals surface area (Å²) < 4.78 is 2.67. The lowest BCUT2D eigenvalue weighted by Gasteiger charge is -2.02. The van der Waals surface area contributed by atoms with Gasteiger partial charge in [-0.15, -0.1) is 0 Å². The van der Waals surface area contributed by atoms with E-state index in [-0.39, 0.29) is 0 Å². The molecule has 6 heteroatoms. The van der Waals surface area contributed by atoms with E-state index in [1.807, 2.05) is 6.07 Å². The van der Waals surface area contributed by atoms with Gasteiger partial charge in [0.05, 0.1) is 22.0 Å². The van der Waals surface area contributed by atoms with Gasteiger partial charge < -0.3 is 5.73 Å². The van der Waals surface area contributed by atoms with Gasteiger partial charge in [-0.05, 0) is 28.7 Å². The third kappa shape index (κ3) is 1.84. The number of anilines is 1. The number of rotatable bonds is 2. The molecule has 0 spiro atoms. The molecule has 0 aromatic carbocycles. The Kier molecular flexibility index (Phi) is 2.62. The Bertz CT molecular complexity index is 425. The lowest BCUT2D eigenvalue weighted by Crippen LogP contribution is -2.07. The summed E-state index contributed by atoms with van der Waals surface area (Å²) in [7, 11) is 0. The molecule has 0 saturated heterocycles. The van der Waals surface area contributed by atoms with Crippen LogP contribution in [0, 0.1) is 3.57 Å². The van der Waals surface area contributed by atoms with Crippen molar-refractivity contribution in [3.05, 3.63) is 34.1 Å². The quantitative estimate of drug-likeness (QED) is 0.837. The van der Waals surface area contributed by atoms with E-state index < -0.39 is 0 Å². The highest BCUT2D eigenvalue weighted by atomic mass is 127. The second-order valence-electron chi connectivity index (χ2n) is 2.74. The summed E-state index contributed by atoms with van der Waals surface area (Å²) in [5.41, 5.74) is 6.69. The van der Waals surface area contributed by atoms with Crippen molar-refractivity contribution in [2.24, 2.45) is 0 Å². The maximum atomic E-state index is 5.80. The first-order chi connectivity index (χ1) is 6.77. The lowest BCUT2D eigenvalue weighted by atomic mass is 10.4. The van der Waals surface area contributed by atoms with E-state index in [0.717, 1.165) is 9.26 Å². The molecule has 0 radical (unpaired) electrons. The summed E-state index contributed by atoms with van der Waals surface area (Å²) in [5.74, 6) is 0.671. The van der Waals surface area contributed by atoms with Crippen LogP contribution in [-0.2, 0) is 6.54 Å². The van der Waals surface area contributed by atoms with Crippen molar-refractivity contribution in [3.63, 3.8) is 0 Å². The molecule has 0 atom stereocenters. The van der Waals surface area contributed by atoms with Crippen LogP contribution >= 0.6 is 22.6 Å². The van der Waals surface area contributed by atoms with Crippen molar-refractivity contribution in [1.82, 2.24) is 19.7 Å². The summed E-state index contributed by atoms with van der Waals surface area (Å²) in [6.07, 6.45) is 4.95. The van der Waals surface area contributed by atoms with Gasteiger partial charge in [0.25, 0.3) is 0 Å². The molecule has 0 saturated carbocycles. The van der Waals surface area contributed by atoms with Crippen LogP contribution in [0.15, 0.2) is 24.8 Å². The minimum absolute atomic E-state index is 0.581. The second-order valence-corrected chi connectivity index (χ2v) is 3.90. The molecule has 5 nitrogen and oxygen atoms in total. The summed E-state index contributed by atoms with van der Waals surface area (Å²) in [6, 6.07) is 1.84. The number of nitrogens with two attached hydrogens (primary N) is 1. The van der Waals surface area contributed by atoms with E-state index in [0.29, 0.717) is 12.4 Å². The first kappa shape index (κ1) is 9.38. The third-order valence-electron chi connectivity index (χ3n) is 1.79. The minimum Gasteiger partial charge on any atom is -0.383 e. The smallest absolute Gasteiger partial charge is 0.135 e. The van der Waals surface area contributed by atoms with Crippen LogP contribution < -0.4 is 5.73 Å². The molecule has 14 heavy (non-hydrogen) atoms. The van der Waals surface area contributed by atoms with Gasteiger partial charge in [-0.3, -0.25) is 0 Å². The standard InChI is InChI=1S/C8H8IN5/c9-7-3-13-14(8(7)10)4-6-1-2-11-5-12-6/h1-3,5H,4,10H2. The number of hydrogen-bond acceptors (Lipinski definition) is 4. The van der Waals surface area contributed by atoms with Crippen molar-refractivity contribution in [2.45, 2.75) is 6.54 Å². The predicted octanol–water partition coefficient (Wildman–Crippen LogP) is 0.908. The van der Waals surface area contributed by atoms with Crippen LogP contribution in [0.1, 0.15) is 5.69 Å². The Labute approximate surface area is 94.5 Å². The highest BCUT2D eigenvalue weighted by Gasteiger charge is 2.04. The van der Waals surface area contributed by atoms with Gasteiger partial charge in [-0.25, -0.2) is 14.6 Å². The largest absolute Gasteiger partial charge is 0.383 e. The molecule has 72 valence electrons. The zero-order valence-corrected chi connectivity index (χ0v) is 9.42. The van der Waals surface area contributed by atoms with E-state index in [4.69, 9.17) is 5.73 Å². The molecule has 0 bridgehead atoms. The van der Waals surface area contributed by atoms with Crippen LogP contribution in [0.5, 0.6) is 0 Å². The molecular formula is C8H8IN5. The van der Waals surface area contributed by atoms with Gasteiger partial charge in [0.15, 0.2) is 0 Å². The average molecular weight is 301 g/mol. The molecule has 2 aromatic heterocycles. The van der Waals surface area contributed by atoms with Crippen molar-refractivity contribution < 1.29 is 0 Å². The molecule has 2 N–H and O–H groups in total. The number of nitrogens with zero attached hydrogens (tertiary/aromatic N) is 4. The molecule has 2 aromatic rings. The minimum atomic E-state index is 0.581. The van der Waals surface area contributed by atoms with Gasteiger partial charge in [0.1, 0.15) is 12.1 Å². The van der Waals surface area contributed by atoms with Gasteiger partial charge >= 0.3 is 0 Å². The fraction of sp³-hybridized carbons (Fsp3) is 0.125. The Morgan fingerprint density at radius 3 is 2.93 bits per heavy atom. The molecule has 0 fully saturated rings. The molecule has 2 rings (SSSR count). The van der Waals surface area contributed by atoms with Crippen LogP contribution in [0.3, 0.4) is 0 Å². The van der Waals surface area contributed by atoms with Gasteiger partial charge in [0, 0.05) is 6.20 Å². The first-order valence-electron chi connectivity index (χ1n) is 3.99. The van der Waals surface area contributed by atoms with E-state index in [1.165, 1.54) is 6.33 Å². The van der Waals surface area contributed by atoms with E-state index in [9.17, 15) is 0 Å². The van der Waals surface area contributed by atoms with Gasteiger partial charge in [-0.2, -0.15) is 5.10 Å². The van der Waals surface area contributed by atoms with Gasteiger partial charge in [-0.1, -0.05) is 0 Å². The summed E-state index contributed by atoms with van der Waals surface area (Å²) in [5, 5.41) is 4.13. The Balaban J connectivity index is 2.23. The van der Waals surface area contributed by atoms with Crippen LogP contribution in [0.4, 0.5) is 5.82 Å². The van der Waals surface area contributed by atoms with Crippen LogP contribution in [0.2, 0.25) is 0 Å². The molecule has 0 aliphatic carbocycles. The summed E-state index contributed by atoms with van der Waals surface area (Å²) in [4.78, 5) is 7.94. The molecule has 0 unspecified atom stereocenters. The van der Waals surface area contributed by atoms with Crippen molar-refractivity contribution in [2.75, 3.05) is 5.73 Å². The van der Waals surface area contributed by atoms with E-state index in [1.54, 1.807) is 17.1 Å². The molecule has 0 amide bonds. The fourth-order valence-corrected chi connectivity index (χ4v) is 1.47. The summed E-state index contributed by atoms with van der Waals surface area (Å²) in [6.45, 7) is 0.581. The Morgan fingerprint density at radius 2 is 2.36 bits per heavy atom. The number of nitrogen functional groups attached to an aromatic ring is 1. The zero-order chi connectivity index (χ0) is 9.97. The van der Waals surface area contributed by atoms with Crippen molar-refractivity contribution in [1.29, 1.82) is 0 Å². The second kappa shape index (κ2) is 3.91. The monoisotopic (exact) mass is 301 g/mol. The Hall–Kier alpha value is -1.18. The fourth-order valence-electron chi connectivity index (χ4n) is 1.06. The van der Waals surface area contributed by atoms with Crippen molar-refractivity contribution >= 4 is 28.4 Å². The Morgan fingerprint density at radius 1 is 1.50 bits per heavy atom. The number of hydrogen-bond donors (Lipinski definition) is 1. The van der Waals surface area contributed by atoms with E-state index in [2.05, 4.69) is 37.7 Å².